The minimum Gasteiger partial charge on any atom is -0.313 e. The molecule has 52 valence electrons. The average molecular weight is 128 g/mol. The third-order valence-corrected chi connectivity index (χ3v) is 1.58. The van der Waals surface area contributed by atoms with Crippen molar-refractivity contribution in [1.29, 1.82) is 0 Å². The summed E-state index contributed by atoms with van der Waals surface area (Å²) in [6.07, 6.45) is 0.958. The molecular weight excluding hydrogens is 116 g/mol. The fraction of sp³-hybridized carbons (Fsp3) is 0.833. The first-order valence-corrected chi connectivity index (χ1v) is 3.19. The maximum absolute atomic E-state index is 10.4. The van der Waals surface area contributed by atoms with Crippen molar-refractivity contribution < 1.29 is 4.79 Å². The van der Waals surface area contributed by atoms with Gasteiger partial charge >= 0.3 is 0 Å². The second-order valence-electron chi connectivity index (χ2n) is 2.64. The van der Waals surface area contributed by atoms with E-state index in [1.807, 2.05) is 6.92 Å². The van der Waals surface area contributed by atoms with E-state index < -0.39 is 0 Å². The van der Waals surface area contributed by atoms with Gasteiger partial charge in [0.1, 0.15) is 6.29 Å². The van der Waals surface area contributed by atoms with Crippen LogP contribution in [0.15, 0.2) is 0 Å². The molecule has 9 heavy (non-hydrogen) atoms. The molecule has 3 heteroatoms. The second kappa shape index (κ2) is 2.45. The number of hydrogen-bond donors (Lipinski definition) is 2. The molecule has 1 fully saturated rings. The van der Waals surface area contributed by atoms with E-state index in [4.69, 9.17) is 0 Å². The number of aldehydes is 1. The summed E-state index contributed by atoms with van der Waals surface area (Å²) in [4.78, 5) is 10.4. The number of nitrogens with one attached hydrogen (secondary N) is 2. The number of hydrogen-bond acceptors (Lipinski definition) is 3. The van der Waals surface area contributed by atoms with E-state index in [-0.39, 0.29) is 5.54 Å². The van der Waals surface area contributed by atoms with E-state index in [1.165, 1.54) is 0 Å². The smallest absolute Gasteiger partial charge is 0.141 e. The SMILES string of the molecule is CC1(C=O)CNCCN1. The van der Waals surface area contributed by atoms with Crippen molar-refractivity contribution in [2.24, 2.45) is 0 Å². The lowest BCUT2D eigenvalue weighted by molar-refractivity contribution is -0.113. The number of carbonyl (C=O) groups is 1. The zero-order valence-corrected chi connectivity index (χ0v) is 5.61. The molecule has 2 N–H and O–H groups in total. The quantitative estimate of drug-likeness (QED) is 0.451. The average Bonchev–Trinajstić information content (AvgIpc) is 1.90. The van der Waals surface area contributed by atoms with Crippen LogP contribution in [0.1, 0.15) is 6.92 Å². The minimum atomic E-state index is -0.321. The first-order chi connectivity index (χ1) is 4.27. The third kappa shape index (κ3) is 1.50. The Morgan fingerprint density at radius 2 is 2.33 bits per heavy atom. The molecule has 0 saturated carbocycles. The fourth-order valence-corrected chi connectivity index (χ4v) is 0.930. The Hall–Kier alpha value is -0.410. The lowest BCUT2D eigenvalue weighted by atomic mass is 10.0. The Labute approximate surface area is 54.8 Å². The number of piperazine rings is 1. The van der Waals surface area contributed by atoms with Crippen LogP contribution in [-0.4, -0.2) is 31.5 Å². The zero-order chi connectivity index (χ0) is 6.74. The van der Waals surface area contributed by atoms with Gasteiger partial charge in [-0.1, -0.05) is 0 Å². The molecule has 1 rings (SSSR count). The molecule has 1 aliphatic rings. The molecule has 0 aliphatic carbocycles. The summed E-state index contributed by atoms with van der Waals surface area (Å²) in [6.45, 7) is 4.49. The second-order valence-corrected chi connectivity index (χ2v) is 2.64. The van der Waals surface area contributed by atoms with Gasteiger partial charge in [0.15, 0.2) is 0 Å². The predicted molar refractivity (Wildman–Crippen MR) is 35.3 cm³/mol. The highest BCUT2D eigenvalue weighted by Gasteiger charge is 2.24. The maximum Gasteiger partial charge on any atom is 0.141 e. The van der Waals surface area contributed by atoms with Crippen LogP contribution in [0.25, 0.3) is 0 Å². The Kier molecular flexibility index (Phi) is 1.83. The molecule has 1 atom stereocenters. The summed E-state index contributed by atoms with van der Waals surface area (Å²) < 4.78 is 0. The summed E-state index contributed by atoms with van der Waals surface area (Å²) in [5.41, 5.74) is -0.321. The van der Waals surface area contributed by atoms with Crippen LogP contribution in [0.4, 0.5) is 0 Å². The first kappa shape index (κ1) is 6.71. The van der Waals surface area contributed by atoms with E-state index in [2.05, 4.69) is 10.6 Å². The van der Waals surface area contributed by atoms with E-state index in [0.717, 1.165) is 25.9 Å². The summed E-state index contributed by atoms with van der Waals surface area (Å²) in [7, 11) is 0. The molecule has 0 aromatic heterocycles. The first-order valence-electron chi connectivity index (χ1n) is 3.19. The van der Waals surface area contributed by atoms with Crippen molar-refractivity contribution in [2.45, 2.75) is 12.5 Å². The standard InChI is InChI=1S/C6H12N2O/c1-6(5-9)4-7-2-3-8-6/h5,7-8H,2-4H2,1H3. The Bertz CT molecular complexity index is 108. The van der Waals surface area contributed by atoms with Gasteiger partial charge in [0, 0.05) is 19.6 Å². The molecule has 0 spiro atoms. The van der Waals surface area contributed by atoms with Gasteiger partial charge < -0.3 is 15.4 Å². The normalized spacial score (nSPS) is 36.1. The molecule has 0 aromatic rings. The molecule has 0 amide bonds. The van der Waals surface area contributed by atoms with Crippen LogP contribution in [0.2, 0.25) is 0 Å². The largest absolute Gasteiger partial charge is 0.313 e. The van der Waals surface area contributed by atoms with Crippen molar-refractivity contribution in [1.82, 2.24) is 10.6 Å². The van der Waals surface area contributed by atoms with Gasteiger partial charge in [0.25, 0.3) is 0 Å². The number of rotatable bonds is 1. The zero-order valence-electron chi connectivity index (χ0n) is 5.61. The van der Waals surface area contributed by atoms with E-state index in [1.54, 1.807) is 0 Å². The lowest BCUT2D eigenvalue weighted by Crippen LogP contribution is -2.58. The minimum absolute atomic E-state index is 0.321. The van der Waals surface area contributed by atoms with Crippen molar-refractivity contribution in [2.75, 3.05) is 19.6 Å². The van der Waals surface area contributed by atoms with Gasteiger partial charge in [-0.25, -0.2) is 0 Å². The number of carbonyl (C=O) groups excluding carboxylic acids is 1. The highest BCUT2D eigenvalue weighted by atomic mass is 16.1. The molecule has 1 aliphatic heterocycles. The maximum atomic E-state index is 10.4. The molecule has 1 heterocycles. The summed E-state index contributed by atoms with van der Waals surface area (Å²) in [5.74, 6) is 0. The Balaban J connectivity index is 2.46. The predicted octanol–water partition coefficient (Wildman–Crippen LogP) is -0.863. The van der Waals surface area contributed by atoms with Gasteiger partial charge in [0.2, 0.25) is 0 Å². The molecule has 1 saturated heterocycles. The molecule has 0 bridgehead atoms. The van der Waals surface area contributed by atoms with E-state index in [0.29, 0.717) is 0 Å². The van der Waals surface area contributed by atoms with Crippen LogP contribution in [0, 0.1) is 0 Å². The summed E-state index contributed by atoms with van der Waals surface area (Å²) >= 11 is 0. The van der Waals surface area contributed by atoms with Gasteiger partial charge in [-0.05, 0) is 6.92 Å². The van der Waals surface area contributed by atoms with Gasteiger partial charge in [0.05, 0.1) is 5.54 Å². The van der Waals surface area contributed by atoms with Crippen molar-refractivity contribution in [3.05, 3.63) is 0 Å². The molecular formula is C6H12N2O. The third-order valence-electron chi connectivity index (χ3n) is 1.58. The van der Waals surface area contributed by atoms with Crippen LogP contribution >= 0.6 is 0 Å². The molecule has 0 aromatic carbocycles. The van der Waals surface area contributed by atoms with E-state index in [9.17, 15) is 4.79 Å². The van der Waals surface area contributed by atoms with Gasteiger partial charge in [-0.2, -0.15) is 0 Å². The topological polar surface area (TPSA) is 41.1 Å². The van der Waals surface area contributed by atoms with E-state index >= 15 is 0 Å². The molecule has 0 radical (unpaired) electrons. The van der Waals surface area contributed by atoms with Crippen LogP contribution < -0.4 is 10.6 Å². The van der Waals surface area contributed by atoms with Crippen molar-refractivity contribution in [3.8, 4) is 0 Å². The summed E-state index contributed by atoms with van der Waals surface area (Å²) in [5, 5.41) is 6.25. The van der Waals surface area contributed by atoms with Crippen LogP contribution in [-0.2, 0) is 4.79 Å². The molecule has 3 nitrogen and oxygen atoms in total. The summed E-state index contributed by atoms with van der Waals surface area (Å²) in [6, 6.07) is 0. The highest BCUT2D eigenvalue weighted by Crippen LogP contribution is 1.98. The molecule has 1 unspecified atom stereocenters. The van der Waals surface area contributed by atoms with Gasteiger partial charge in [-0.3, -0.25) is 0 Å². The van der Waals surface area contributed by atoms with Gasteiger partial charge in [-0.15, -0.1) is 0 Å². The van der Waals surface area contributed by atoms with Crippen molar-refractivity contribution in [3.63, 3.8) is 0 Å². The Morgan fingerprint density at radius 1 is 1.56 bits per heavy atom. The Morgan fingerprint density at radius 3 is 2.67 bits per heavy atom. The van der Waals surface area contributed by atoms with Crippen molar-refractivity contribution >= 4 is 6.29 Å². The fourth-order valence-electron chi connectivity index (χ4n) is 0.930. The van der Waals surface area contributed by atoms with Crippen LogP contribution in [0.3, 0.4) is 0 Å². The highest BCUT2D eigenvalue weighted by molar-refractivity contribution is 5.64. The monoisotopic (exact) mass is 128 g/mol. The lowest BCUT2D eigenvalue weighted by Gasteiger charge is -2.29. The van der Waals surface area contributed by atoms with Crippen LogP contribution in [0.5, 0.6) is 0 Å².